The fraction of sp³-hybridized carbons (Fsp3) is 0.0714. The number of halogens is 1. The number of anilines is 1. The predicted octanol–water partition coefficient (Wildman–Crippen LogP) is 2.34. The average Bonchev–Trinajstić information content (AvgIpc) is 2.98. The van der Waals surface area contributed by atoms with Crippen LogP contribution >= 0.6 is 11.6 Å². The first-order valence-electron chi connectivity index (χ1n) is 6.61. The maximum atomic E-state index is 11.8. The Balaban J connectivity index is 2.03. The zero-order chi connectivity index (χ0) is 17.3. The van der Waals surface area contributed by atoms with Gasteiger partial charge in [0.1, 0.15) is 5.15 Å². The maximum absolute atomic E-state index is 11.8. The van der Waals surface area contributed by atoms with Crippen LogP contribution in [0.15, 0.2) is 47.0 Å². The molecule has 0 aliphatic carbocycles. The van der Waals surface area contributed by atoms with E-state index in [1.807, 2.05) is 0 Å². The van der Waals surface area contributed by atoms with Crippen LogP contribution in [-0.4, -0.2) is 28.2 Å². The van der Waals surface area contributed by atoms with Crippen molar-refractivity contribution in [3.8, 4) is 11.5 Å². The van der Waals surface area contributed by atoms with Crippen molar-refractivity contribution in [3.63, 3.8) is 0 Å². The second-order valence-electron chi connectivity index (χ2n) is 4.88. The topological polar surface area (TPSA) is 132 Å². The molecule has 8 nitrogen and oxygen atoms in total. The number of pyridine rings is 1. The molecule has 0 spiro atoms. The molecule has 0 bridgehead atoms. The second-order valence-corrected chi connectivity index (χ2v) is 6.77. The normalized spacial score (nSPS) is 12.9. The minimum absolute atomic E-state index is 0.0978. The van der Waals surface area contributed by atoms with Gasteiger partial charge in [-0.05, 0) is 30.3 Å². The smallest absolute Gasteiger partial charge is 0.281 e. The molecule has 0 radical (unpaired) electrons. The fourth-order valence-electron chi connectivity index (χ4n) is 2.07. The number of nitrogens with zero attached hydrogens (tertiary/aromatic N) is 3. The molecule has 0 saturated carbocycles. The number of nitrogen functional groups attached to an aromatic ring is 1. The summed E-state index contributed by atoms with van der Waals surface area (Å²) < 4.78 is 38.5. The lowest BCUT2D eigenvalue weighted by molar-refractivity contribution is 0.451. The van der Waals surface area contributed by atoms with Gasteiger partial charge in [-0.2, -0.15) is 8.42 Å². The average molecular weight is 367 g/mol. The third kappa shape index (κ3) is 3.37. The van der Waals surface area contributed by atoms with Crippen LogP contribution in [0.5, 0.6) is 0 Å². The minimum Gasteiger partial charge on any atom is -0.419 e. The van der Waals surface area contributed by atoms with Gasteiger partial charge in [0.15, 0.2) is 5.25 Å². The molecule has 0 aliphatic heterocycles. The van der Waals surface area contributed by atoms with Crippen LogP contribution in [-0.2, 0) is 10.1 Å². The standard InChI is InChI=1S/C14H11ClN4O4S/c15-11-6-3-9(7-17-11)12(24(20,21)22)14-19-18-13(23-14)8-1-4-10(16)5-2-8/h1-7,12H,16H2,(H,20,21,22). The third-order valence-corrected chi connectivity index (χ3v) is 4.47. The summed E-state index contributed by atoms with van der Waals surface area (Å²) in [6.45, 7) is 0. The van der Waals surface area contributed by atoms with Crippen molar-refractivity contribution in [3.05, 3.63) is 59.2 Å². The fourth-order valence-corrected chi connectivity index (χ4v) is 3.01. The summed E-state index contributed by atoms with van der Waals surface area (Å²) in [6, 6.07) is 9.39. The Morgan fingerprint density at radius 2 is 1.83 bits per heavy atom. The van der Waals surface area contributed by atoms with Crippen molar-refractivity contribution in [1.29, 1.82) is 0 Å². The van der Waals surface area contributed by atoms with E-state index >= 15 is 0 Å². The molecule has 124 valence electrons. The van der Waals surface area contributed by atoms with E-state index in [4.69, 9.17) is 21.8 Å². The van der Waals surface area contributed by atoms with Crippen molar-refractivity contribution in [2.45, 2.75) is 5.25 Å². The molecule has 24 heavy (non-hydrogen) atoms. The lowest BCUT2D eigenvalue weighted by Gasteiger charge is -2.09. The molecule has 1 atom stereocenters. The first-order valence-corrected chi connectivity index (χ1v) is 8.50. The molecule has 1 unspecified atom stereocenters. The minimum atomic E-state index is -4.56. The van der Waals surface area contributed by atoms with Crippen LogP contribution in [0.3, 0.4) is 0 Å². The Morgan fingerprint density at radius 3 is 2.42 bits per heavy atom. The lowest BCUT2D eigenvalue weighted by atomic mass is 10.2. The highest BCUT2D eigenvalue weighted by Crippen LogP contribution is 2.30. The molecule has 10 heteroatoms. The quantitative estimate of drug-likeness (QED) is 0.408. The second kappa shape index (κ2) is 6.19. The van der Waals surface area contributed by atoms with Gasteiger partial charge in [-0.3, -0.25) is 4.55 Å². The SMILES string of the molecule is Nc1ccc(-c2nnc(C(c3ccc(Cl)nc3)S(=O)(=O)O)o2)cc1. The molecule has 2 aromatic heterocycles. The van der Waals surface area contributed by atoms with Gasteiger partial charge >= 0.3 is 0 Å². The summed E-state index contributed by atoms with van der Waals surface area (Å²) in [7, 11) is -4.56. The highest BCUT2D eigenvalue weighted by molar-refractivity contribution is 7.86. The molecular formula is C14H11ClN4O4S. The van der Waals surface area contributed by atoms with Crippen LogP contribution in [0.2, 0.25) is 5.15 Å². The third-order valence-electron chi connectivity index (χ3n) is 3.17. The maximum Gasteiger partial charge on any atom is 0.281 e. The van der Waals surface area contributed by atoms with Crippen LogP contribution in [0.1, 0.15) is 16.7 Å². The van der Waals surface area contributed by atoms with Gasteiger partial charge in [0.2, 0.25) is 11.8 Å². The van der Waals surface area contributed by atoms with Gasteiger partial charge < -0.3 is 10.2 Å². The monoisotopic (exact) mass is 366 g/mol. The first-order chi connectivity index (χ1) is 11.3. The summed E-state index contributed by atoms with van der Waals surface area (Å²) in [4.78, 5) is 3.80. The zero-order valence-corrected chi connectivity index (χ0v) is 13.6. The van der Waals surface area contributed by atoms with Gasteiger partial charge in [0, 0.05) is 23.0 Å². The van der Waals surface area contributed by atoms with Crippen molar-refractivity contribution >= 4 is 27.4 Å². The van der Waals surface area contributed by atoms with Gasteiger partial charge in [-0.25, -0.2) is 4.98 Å². The van der Waals surface area contributed by atoms with E-state index < -0.39 is 15.4 Å². The highest BCUT2D eigenvalue weighted by atomic mass is 35.5. The van der Waals surface area contributed by atoms with E-state index in [1.54, 1.807) is 24.3 Å². The molecule has 0 aliphatic rings. The van der Waals surface area contributed by atoms with Crippen molar-refractivity contribution < 1.29 is 17.4 Å². The summed E-state index contributed by atoms with van der Waals surface area (Å²) in [6.07, 6.45) is 1.22. The zero-order valence-electron chi connectivity index (χ0n) is 12.0. The molecule has 0 fully saturated rings. The summed E-state index contributed by atoms with van der Waals surface area (Å²) in [5.74, 6) is -0.186. The Labute approximate surface area is 142 Å². The van der Waals surface area contributed by atoms with Crippen molar-refractivity contribution in [2.24, 2.45) is 0 Å². The number of benzene rings is 1. The molecule has 0 saturated heterocycles. The molecule has 3 aromatic rings. The molecule has 0 amide bonds. The summed E-state index contributed by atoms with van der Waals surface area (Å²) in [5.41, 5.74) is 6.87. The number of aromatic nitrogens is 3. The van der Waals surface area contributed by atoms with Gasteiger partial charge in [0.25, 0.3) is 10.1 Å². The molecule has 3 rings (SSSR count). The Bertz CT molecular complexity index is 955. The lowest BCUT2D eigenvalue weighted by Crippen LogP contribution is -2.14. The molecule has 2 heterocycles. The number of hydrogen-bond acceptors (Lipinski definition) is 7. The largest absolute Gasteiger partial charge is 0.419 e. The van der Waals surface area contributed by atoms with Gasteiger partial charge in [-0.1, -0.05) is 17.7 Å². The van der Waals surface area contributed by atoms with E-state index in [9.17, 15) is 13.0 Å². The van der Waals surface area contributed by atoms with E-state index in [-0.39, 0.29) is 22.5 Å². The Hall–Kier alpha value is -2.49. The number of hydrogen-bond donors (Lipinski definition) is 2. The molecular weight excluding hydrogens is 356 g/mol. The highest BCUT2D eigenvalue weighted by Gasteiger charge is 2.33. The van der Waals surface area contributed by atoms with E-state index in [0.717, 1.165) is 0 Å². The van der Waals surface area contributed by atoms with Crippen LogP contribution in [0, 0.1) is 0 Å². The number of rotatable bonds is 4. The molecule has 1 aromatic carbocycles. The van der Waals surface area contributed by atoms with Crippen molar-refractivity contribution in [2.75, 3.05) is 5.73 Å². The van der Waals surface area contributed by atoms with Gasteiger partial charge in [-0.15, -0.1) is 10.2 Å². The van der Waals surface area contributed by atoms with Crippen molar-refractivity contribution in [1.82, 2.24) is 15.2 Å². The van der Waals surface area contributed by atoms with E-state index in [0.29, 0.717) is 11.3 Å². The van der Waals surface area contributed by atoms with Crippen LogP contribution in [0.4, 0.5) is 5.69 Å². The summed E-state index contributed by atoms with van der Waals surface area (Å²) >= 11 is 5.69. The Kier molecular flexibility index (Phi) is 4.22. The molecule has 3 N–H and O–H groups in total. The van der Waals surface area contributed by atoms with Gasteiger partial charge in [0.05, 0.1) is 0 Å². The number of nitrogens with two attached hydrogens (primary N) is 1. The Morgan fingerprint density at radius 1 is 1.12 bits per heavy atom. The predicted molar refractivity (Wildman–Crippen MR) is 86.8 cm³/mol. The van der Waals surface area contributed by atoms with E-state index in [2.05, 4.69) is 15.2 Å². The van der Waals surface area contributed by atoms with E-state index in [1.165, 1.54) is 18.3 Å². The van der Waals surface area contributed by atoms with Crippen LogP contribution < -0.4 is 5.73 Å². The summed E-state index contributed by atoms with van der Waals surface area (Å²) in [5, 5.41) is 6.17. The van der Waals surface area contributed by atoms with Crippen LogP contribution in [0.25, 0.3) is 11.5 Å². The first kappa shape index (κ1) is 16.4.